The van der Waals surface area contributed by atoms with Crippen LogP contribution in [0.5, 0.6) is 0 Å². The van der Waals surface area contributed by atoms with Gasteiger partial charge in [0.1, 0.15) is 0 Å². The Morgan fingerprint density at radius 3 is 3.12 bits per heavy atom. The first-order valence-electron chi connectivity index (χ1n) is 5.77. The first-order valence-corrected chi connectivity index (χ1v) is 5.77. The highest BCUT2D eigenvalue weighted by Crippen LogP contribution is 2.51. The Bertz CT molecular complexity index is 396. The predicted octanol–water partition coefficient (Wildman–Crippen LogP) is 1.70. The van der Waals surface area contributed by atoms with Crippen LogP contribution in [0.25, 0.3) is 0 Å². The Hall–Kier alpha value is -0.930. The third-order valence-corrected chi connectivity index (χ3v) is 4.19. The molecule has 0 N–H and O–H groups in total. The zero-order valence-corrected chi connectivity index (χ0v) is 9.60. The third kappa shape index (κ3) is 1.08. The number of hydrogen-bond donors (Lipinski definition) is 0. The van der Waals surface area contributed by atoms with Crippen LogP contribution in [0.4, 0.5) is 0 Å². The van der Waals surface area contributed by atoms with Crippen molar-refractivity contribution >= 4 is 5.78 Å². The molecule has 0 amide bonds. The Morgan fingerprint density at radius 1 is 1.56 bits per heavy atom. The van der Waals surface area contributed by atoms with Crippen molar-refractivity contribution in [2.45, 2.75) is 19.1 Å². The molecular formula is C13H16O3. The van der Waals surface area contributed by atoms with Crippen molar-refractivity contribution in [2.24, 2.45) is 17.8 Å². The van der Waals surface area contributed by atoms with Crippen molar-refractivity contribution in [2.75, 3.05) is 13.7 Å². The number of carbonyl (C=O) groups is 1. The molecule has 1 saturated heterocycles. The largest absolute Gasteiger partial charge is 0.346 e. The van der Waals surface area contributed by atoms with Gasteiger partial charge in [0.2, 0.25) is 11.6 Å². The molecule has 0 saturated carbocycles. The fourth-order valence-corrected chi connectivity index (χ4v) is 3.40. The molecule has 3 nitrogen and oxygen atoms in total. The van der Waals surface area contributed by atoms with Crippen molar-refractivity contribution in [1.82, 2.24) is 0 Å². The summed E-state index contributed by atoms with van der Waals surface area (Å²) < 4.78 is 11.2. The van der Waals surface area contributed by atoms with Crippen LogP contribution in [-0.2, 0) is 14.3 Å². The topological polar surface area (TPSA) is 35.5 Å². The summed E-state index contributed by atoms with van der Waals surface area (Å²) in [6.45, 7) is 2.63. The maximum atomic E-state index is 12.1. The Labute approximate surface area is 95.1 Å². The molecular weight excluding hydrogens is 204 g/mol. The lowest BCUT2D eigenvalue weighted by Gasteiger charge is -2.41. The number of ether oxygens (including phenoxy) is 2. The second kappa shape index (κ2) is 3.28. The standard InChI is InChI=1S/C13H16O3/c1-8-6-11(14)13(15-2)12-9(7-16-13)4-3-5-10(8)12/h3-4,6,9-10,12H,5,7H2,1-2H3/t9-,10+,12+,13-/m0/s1. The monoisotopic (exact) mass is 220 g/mol. The predicted molar refractivity (Wildman–Crippen MR) is 58.7 cm³/mol. The normalized spacial score (nSPS) is 45.5. The van der Waals surface area contributed by atoms with E-state index in [9.17, 15) is 4.79 Å². The summed E-state index contributed by atoms with van der Waals surface area (Å²) in [5.74, 6) is -0.132. The van der Waals surface area contributed by atoms with Crippen LogP contribution in [0, 0.1) is 17.8 Å². The fraction of sp³-hybridized carbons (Fsp3) is 0.615. The van der Waals surface area contributed by atoms with E-state index in [4.69, 9.17) is 9.47 Å². The molecule has 0 aromatic heterocycles. The number of hydrogen-bond acceptors (Lipinski definition) is 3. The summed E-state index contributed by atoms with van der Waals surface area (Å²) >= 11 is 0. The van der Waals surface area contributed by atoms with Crippen molar-refractivity contribution in [3.63, 3.8) is 0 Å². The van der Waals surface area contributed by atoms with Gasteiger partial charge in [-0.05, 0) is 25.3 Å². The minimum atomic E-state index is -1.00. The molecule has 0 radical (unpaired) electrons. The minimum absolute atomic E-state index is 0.0217. The molecule has 0 aromatic carbocycles. The average molecular weight is 220 g/mol. The van der Waals surface area contributed by atoms with Gasteiger partial charge in [0.05, 0.1) is 6.61 Å². The van der Waals surface area contributed by atoms with Crippen molar-refractivity contribution in [1.29, 1.82) is 0 Å². The molecule has 3 heteroatoms. The van der Waals surface area contributed by atoms with E-state index < -0.39 is 5.79 Å². The molecule has 4 atom stereocenters. The molecule has 1 aliphatic heterocycles. The fourth-order valence-electron chi connectivity index (χ4n) is 3.40. The molecule has 3 rings (SSSR count). The second-order valence-electron chi connectivity index (χ2n) is 4.90. The molecule has 0 bridgehead atoms. The van der Waals surface area contributed by atoms with Gasteiger partial charge in [-0.25, -0.2) is 0 Å². The summed E-state index contributed by atoms with van der Waals surface area (Å²) in [5.41, 5.74) is 1.17. The Kier molecular flexibility index (Phi) is 2.10. The zero-order valence-electron chi connectivity index (χ0n) is 9.60. The van der Waals surface area contributed by atoms with Crippen LogP contribution in [0.3, 0.4) is 0 Å². The minimum Gasteiger partial charge on any atom is -0.346 e. The van der Waals surface area contributed by atoms with Crippen LogP contribution in [0.2, 0.25) is 0 Å². The van der Waals surface area contributed by atoms with Crippen LogP contribution in [0.15, 0.2) is 23.8 Å². The lowest BCUT2D eigenvalue weighted by atomic mass is 9.66. The van der Waals surface area contributed by atoms with Gasteiger partial charge in [0, 0.05) is 18.9 Å². The highest BCUT2D eigenvalue weighted by atomic mass is 16.7. The molecule has 2 aliphatic carbocycles. The van der Waals surface area contributed by atoms with Crippen LogP contribution >= 0.6 is 0 Å². The molecule has 0 spiro atoms. The summed E-state index contributed by atoms with van der Waals surface area (Å²) in [4.78, 5) is 12.1. The first kappa shape index (κ1) is 10.2. The van der Waals surface area contributed by atoms with Gasteiger partial charge >= 0.3 is 0 Å². The van der Waals surface area contributed by atoms with Crippen LogP contribution < -0.4 is 0 Å². The zero-order chi connectivity index (χ0) is 11.3. The van der Waals surface area contributed by atoms with Crippen LogP contribution in [0.1, 0.15) is 13.3 Å². The summed E-state index contributed by atoms with van der Waals surface area (Å²) in [6.07, 6.45) is 7.07. The Morgan fingerprint density at radius 2 is 2.38 bits per heavy atom. The van der Waals surface area contributed by atoms with E-state index in [-0.39, 0.29) is 11.7 Å². The number of rotatable bonds is 1. The molecule has 16 heavy (non-hydrogen) atoms. The maximum Gasteiger partial charge on any atom is 0.237 e. The van der Waals surface area contributed by atoms with E-state index in [1.807, 2.05) is 6.92 Å². The van der Waals surface area contributed by atoms with Crippen molar-refractivity contribution in [3.8, 4) is 0 Å². The molecule has 0 unspecified atom stereocenters. The average Bonchev–Trinajstić information content (AvgIpc) is 2.67. The van der Waals surface area contributed by atoms with E-state index in [1.54, 1.807) is 13.2 Å². The van der Waals surface area contributed by atoms with Gasteiger partial charge in [-0.3, -0.25) is 4.79 Å². The number of ketones is 1. The molecule has 0 aromatic rings. The van der Waals surface area contributed by atoms with Gasteiger partial charge in [0.25, 0.3) is 0 Å². The van der Waals surface area contributed by atoms with Crippen LogP contribution in [-0.4, -0.2) is 25.3 Å². The number of allylic oxidation sites excluding steroid dienone is 2. The molecule has 1 fully saturated rings. The first-order chi connectivity index (χ1) is 7.69. The SMILES string of the molecule is CO[C@]12OC[C@@H]3C=CC[C@H](C(C)=CC1=O)[C@@H]32. The Balaban J connectivity index is 2.13. The van der Waals surface area contributed by atoms with Crippen molar-refractivity contribution in [3.05, 3.63) is 23.8 Å². The summed E-state index contributed by atoms with van der Waals surface area (Å²) in [6, 6.07) is 0. The number of methoxy groups -OCH3 is 1. The van der Waals surface area contributed by atoms with Gasteiger partial charge in [-0.1, -0.05) is 17.7 Å². The summed E-state index contributed by atoms with van der Waals surface area (Å²) in [5, 5.41) is 0. The second-order valence-corrected chi connectivity index (χ2v) is 4.90. The van der Waals surface area contributed by atoms with E-state index in [0.717, 1.165) is 6.42 Å². The molecule has 3 aliphatic rings. The van der Waals surface area contributed by atoms with E-state index in [0.29, 0.717) is 18.4 Å². The highest BCUT2D eigenvalue weighted by molar-refractivity contribution is 5.98. The lowest BCUT2D eigenvalue weighted by molar-refractivity contribution is -0.215. The van der Waals surface area contributed by atoms with E-state index in [1.165, 1.54) is 5.57 Å². The molecule has 1 heterocycles. The van der Waals surface area contributed by atoms with Gasteiger partial charge < -0.3 is 9.47 Å². The van der Waals surface area contributed by atoms with Gasteiger partial charge in [0.15, 0.2) is 0 Å². The van der Waals surface area contributed by atoms with E-state index >= 15 is 0 Å². The van der Waals surface area contributed by atoms with Crippen molar-refractivity contribution < 1.29 is 14.3 Å². The van der Waals surface area contributed by atoms with E-state index in [2.05, 4.69) is 12.2 Å². The number of carbonyl (C=O) groups excluding carboxylic acids is 1. The lowest BCUT2D eigenvalue weighted by Crippen LogP contribution is -2.52. The van der Waals surface area contributed by atoms with Gasteiger partial charge in [-0.2, -0.15) is 0 Å². The summed E-state index contributed by atoms with van der Waals surface area (Å²) in [7, 11) is 1.57. The molecule has 86 valence electrons. The van der Waals surface area contributed by atoms with Gasteiger partial charge in [-0.15, -0.1) is 0 Å². The quantitative estimate of drug-likeness (QED) is 0.631. The smallest absolute Gasteiger partial charge is 0.237 e. The maximum absolute atomic E-state index is 12.1. The highest BCUT2D eigenvalue weighted by Gasteiger charge is 2.59. The third-order valence-electron chi connectivity index (χ3n) is 4.19.